The Morgan fingerprint density at radius 3 is 2.47 bits per heavy atom. The second kappa shape index (κ2) is 4.18. The fourth-order valence-electron chi connectivity index (χ4n) is 1.53. The van der Waals surface area contributed by atoms with Crippen molar-refractivity contribution in [3.05, 3.63) is 0 Å². The molecule has 0 unspecified atom stereocenters. The topological polar surface area (TPSA) is 77.8 Å². The molecule has 15 heavy (non-hydrogen) atoms. The average molecular weight is 215 g/mol. The molecule has 1 saturated heterocycles. The van der Waals surface area contributed by atoms with Crippen LogP contribution in [0.4, 0.5) is 0 Å². The molecule has 0 aromatic carbocycles. The van der Waals surface area contributed by atoms with E-state index < -0.39 is 17.5 Å². The van der Waals surface area contributed by atoms with Crippen LogP contribution in [0.25, 0.3) is 0 Å². The molecule has 1 aliphatic rings. The number of aliphatic carboxylic acids is 1. The van der Waals surface area contributed by atoms with E-state index in [0.717, 1.165) is 0 Å². The summed E-state index contributed by atoms with van der Waals surface area (Å²) in [4.78, 5) is 24.0. The monoisotopic (exact) mass is 215 g/mol. The van der Waals surface area contributed by atoms with Crippen LogP contribution in [0.1, 0.15) is 26.7 Å². The molecule has 0 radical (unpaired) electrons. The van der Waals surface area contributed by atoms with Crippen LogP contribution in [-0.2, 0) is 9.59 Å². The Bertz CT molecular complexity index is 275. The predicted molar refractivity (Wildman–Crippen MR) is 53.2 cm³/mol. The molecule has 0 aliphatic carbocycles. The number of carbonyl (C=O) groups excluding carboxylic acids is 1. The SMILES string of the molecule is CC(C)(CC(=O)N1CC[C@@H](O)C1)C(=O)O. The van der Waals surface area contributed by atoms with Crippen LogP contribution >= 0.6 is 0 Å². The molecule has 5 nitrogen and oxygen atoms in total. The van der Waals surface area contributed by atoms with Gasteiger partial charge in [0.1, 0.15) is 0 Å². The molecule has 1 heterocycles. The number of rotatable bonds is 3. The minimum atomic E-state index is -1.04. The van der Waals surface area contributed by atoms with Gasteiger partial charge in [-0.1, -0.05) is 0 Å². The first-order valence-electron chi connectivity index (χ1n) is 5.02. The maximum Gasteiger partial charge on any atom is 0.309 e. The number of aliphatic hydroxyl groups is 1. The third kappa shape index (κ3) is 2.92. The number of aliphatic hydroxyl groups excluding tert-OH is 1. The van der Waals surface area contributed by atoms with Crippen molar-refractivity contribution >= 4 is 11.9 Å². The van der Waals surface area contributed by atoms with Crippen molar-refractivity contribution in [3.8, 4) is 0 Å². The molecule has 1 atom stereocenters. The lowest BCUT2D eigenvalue weighted by Gasteiger charge is -2.22. The molecule has 0 aromatic rings. The first-order valence-corrected chi connectivity index (χ1v) is 5.02. The molecule has 1 rings (SSSR count). The molecule has 0 aromatic heterocycles. The molecule has 2 N–H and O–H groups in total. The van der Waals surface area contributed by atoms with Gasteiger partial charge >= 0.3 is 5.97 Å². The van der Waals surface area contributed by atoms with Crippen molar-refractivity contribution in [3.63, 3.8) is 0 Å². The van der Waals surface area contributed by atoms with E-state index in [9.17, 15) is 14.7 Å². The zero-order chi connectivity index (χ0) is 11.6. The molecule has 1 amide bonds. The Labute approximate surface area is 88.7 Å². The molecule has 5 heteroatoms. The van der Waals surface area contributed by atoms with Gasteiger partial charge < -0.3 is 15.1 Å². The Hall–Kier alpha value is -1.10. The van der Waals surface area contributed by atoms with E-state index in [0.29, 0.717) is 19.5 Å². The van der Waals surface area contributed by atoms with Crippen LogP contribution < -0.4 is 0 Å². The number of amides is 1. The highest BCUT2D eigenvalue weighted by Gasteiger charge is 2.34. The highest BCUT2D eigenvalue weighted by Crippen LogP contribution is 2.23. The van der Waals surface area contributed by atoms with Gasteiger partial charge in [0.05, 0.1) is 11.5 Å². The molecule has 86 valence electrons. The quantitative estimate of drug-likeness (QED) is 0.699. The summed E-state index contributed by atoms with van der Waals surface area (Å²) >= 11 is 0. The van der Waals surface area contributed by atoms with Crippen LogP contribution in [0.15, 0.2) is 0 Å². The van der Waals surface area contributed by atoms with Crippen LogP contribution in [0.2, 0.25) is 0 Å². The molecule has 0 spiro atoms. The van der Waals surface area contributed by atoms with Gasteiger partial charge in [0.25, 0.3) is 0 Å². The smallest absolute Gasteiger partial charge is 0.309 e. The van der Waals surface area contributed by atoms with Crippen LogP contribution in [0.5, 0.6) is 0 Å². The standard InChI is InChI=1S/C10H17NO4/c1-10(2,9(14)15)5-8(13)11-4-3-7(12)6-11/h7,12H,3-6H2,1-2H3,(H,14,15)/t7-/m1/s1. The van der Waals surface area contributed by atoms with Crippen molar-refractivity contribution in [2.45, 2.75) is 32.8 Å². The number of carboxylic acids is 1. The molecular formula is C10H17NO4. The fourth-order valence-corrected chi connectivity index (χ4v) is 1.53. The lowest BCUT2D eigenvalue weighted by molar-refractivity contribution is -0.151. The van der Waals surface area contributed by atoms with E-state index in [1.807, 2.05) is 0 Å². The summed E-state index contributed by atoms with van der Waals surface area (Å²) in [6.07, 6.45) is 0.107. The first-order chi connectivity index (χ1) is 6.83. The van der Waals surface area contributed by atoms with Gasteiger partial charge in [-0.05, 0) is 20.3 Å². The van der Waals surface area contributed by atoms with Crippen molar-refractivity contribution in [2.24, 2.45) is 5.41 Å². The van der Waals surface area contributed by atoms with Crippen molar-refractivity contribution in [1.29, 1.82) is 0 Å². The lowest BCUT2D eigenvalue weighted by atomic mass is 9.89. The number of hydrogen-bond acceptors (Lipinski definition) is 3. The highest BCUT2D eigenvalue weighted by molar-refractivity contribution is 5.84. The summed E-state index contributed by atoms with van der Waals surface area (Å²) in [6.45, 7) is 3.91. The lowest BCUT2D eigenvalue weighted by Crippen LogP contribution is -2.36. The Balaban J connectivity index is 2.52. The third-order valence-corrected chi connectivity index (χ3v) is 2.69. The second-order valence-electron chi connectivity index (χ2n) is 4.65. The van der Waals surface area contributed by atoms with Gasteiger partial charge in [0.15, 0.2) is 0 Å². The number of carboxylic acid groups (broad SMARTS) is 1. The van der Waals surface area contributed by atoms with E-state index in [2.05, 4.69) is 0 Å². The summed E-state index contributed by atoms with van der Waals surface area (Å²) in [5.41, 5.74) is -1.04. The highest BCUT2D eigenvalue weighted by atomic mass is 16.4. The van der Waals surface area contributed by atoms with E-state index in [1.165, 1.54) is 18.7 Å². The minimum absolute atomic E-state index is 0.0188. The molecule has 0 bridgehead atoms. The van der Waals surface area contributed by atoms with Gasteiger partial charge in [-0.2, -0.15) is 0 Å². The third-order valence-electron chi connectivity index (χ3n) is 2.69. The van der Waals surface area contributed by atoms with E-state index >= 15 is 0 Å². The number of likely N-dealkylation sites (tertiary alicyclic amines) is 1. The summed E-state index contributed by atoms with van der Waals surface area (Å²) in [6, 6.07) is 0. The van der Waals surface area contributed by atoms with Gasteiger partial charge in [0.2, 0.25) is 5.91 Å². The number of β-amino-alcohol motifs (C(OH)–C–C–N with tert-alkyl or cyclic N) is 1. The van der Waals surface area contributed by atoms with Crippen molar-refractivity contribution < 1.29 is 19.8 Å². The van der Waals surface area contributed by atoms with Gasteiger partial charge in [-0.15, -0.1) is 0 Å². The summed E-state index contributed by atoms with van der Waals surface area (Å²) in [7, 11) is 0. The first kappa shape index (κ1) is 12.0. The Kier molecular flexibility index (Phi) is 3.34. The minimum Gasteiger partial charge on any atom is -0.481 e. The van der Waals surface area contributed by atoms with Gasteiger partial charge in [-0.25, -0.2) is 0 Å². The van der Waals surface area contributed by atoms with E-state index in [1.54, 1.807) is 0 Å². The normalized spacial score (nSPS) is 21.8. The Morgan fingerprint density at radius 1 is 1.47 bits per heavy atom. The predicted octanol–water partition coefficient (Wildman–Crippen LogP) is 0.0805. The molecule has 1 aliphatic heterocycles. The average Bonchev–Trinajstić information content (AvgIpc) is 2.50. The zero-order valence-electron chi connectivity index (χ0n) is 9.06. The van der Waals surface area contributed by atoms with Crippen LogP contribution in [-0.4, -0.2) is 46.2 Å². The van der Waals surface area contributed by atoms with Crippen molar-refractivity contribution in [2.75, 3.05) is 13.1 Å². The molecule has 0 saturated carbocycles. The number of nitrogens with zero attached hydrogens (tertiary/aromatic N) is 1. The Morgan fingerprint density at radius 2 is 2.07 bits per heavy atom. The maximum atomic E-state index is 11.7. The van der Waals surface area contributed by atoms with E-state index in [-0.39, 0.29) is 12.3 Å². The van der Waals surface area contributed by atoms with Crippen LogP contribution in [0.3, 0.4) is 0 Å². The maximum absolute atomic E-state index is 11.7. The zero-order valence-corrected chi connectivity index (χ0v) is 9.06. The second-order valence-corrected chi connectivity index (χ2v) is 4.65. The van der Waals surface area contributed by atoms with E-state index in [4.69, 9.17) is 5.11 Å². The molecule has 1 fully saturated rings. The summed E-state index contributed by atoms with van der Waals surface area (Å²) in [5.74, 6) is -1.17. The largest absolute Gasteiger partial charge is 0.481 e. The summed E-state index contributed by atoms with van der Waals surface area (Å²) < 4.78 is 0. The van der Waals surface area contributed by atoms with Gasteiger partial charge in [0, 0.05) is 19.5 Å². The van der Waals surface area contributed by atoms with Gasteiger partial charge in [-0.3, -0.25) is 9.59 Å². The van der Waals surface area contributed by atoms with Crippen molar-refractivity contribution in [1.82, 2.24) is 4.90 Å². The molecular weight excluding hydrogens is 198 g/mol. The fraction of sp³-hybridized carbons (Fsp3) is 0.800. The summed E-state index contributed by atoms with van der Waals surface area (Å²) in [5, 5.41) is 18.1. The van der Waals surface area contributed by atoms with Crippen LogP contribution in [0, 0.1) is 5.41 Å². The number of hydrogen-bond donors (Lipinski definition) is 2. The number of carbonyl (C=O) groups is 2.